The Morgan fingerprint density at radius 2 is 1.88 bits per heavy atom. The predicted molar refractivity (Wildman–Crippen MR) is 90.3 cm³/mol. The van der Waals surface area contributed by atoms with Crippen LogP contribution in [0.3, 0.4) is 0 Å². The van der Waals surface area contributed by atoms with Crippen molar-refractivity contribution in [1.29, 1.82) is 0 Å². The van der Waals surface area contributed by atoms with E-state index in [1.807, 2.05) is 0 Å². The van der Waals surface area contributed by atoms with Crippen molar-refractivity contribution < 1.29 is 14.5 Å². The van der Waals surface area contributed by atoms with Gasteiger partial charge in [0.05, 0.1) is 23.2 Å². The standard InChI is InChI=1S/C16H15N5O4/c1-11(9-15(22)18-13-3-2-8-17-10-13)19-20-16(23)12-4-6-14(7-5-12)21(24)25/h2-8,10,19H,1,9H2,(H,18,22)(H,20,23). The van der Waals surface area contributed by atoms with Crippen LogP contribution < -0.4 is 16.2 Å². The first-order chi connectivity index (χ1) is 12.0. The molecule has 1 heterocycles. The number of hydrogen-bond acceptors (Lipinski definition) is 6. The first kappa shape index (κ1) is 17.6. The molecule has 0 fully saturated rings. The Bertz CT molecular complexity index is 790. The number of non-ortho nitro benzene ring substituents is 1. The van der Waals surface area contributed by atoms with Crippen molar-refractivity contribution in [3.8, 4) is 0 Å². The number of anilines is 1. The molecule has 0 aliphatic heterocycles. The summed E-state index contributed by atoms with van der Waals surface area (Å²) in [6.45, 7) is 3.65. The SMILES string of the molecule is C=C(CC(=O)Nc1cccnc1)NNC(=O)c1ccc([N+](=O)[O-])cc1. The van der Waals surface area contributed by atoms with Crippen LogP contribution in [0.25, 0.3) is 0 Å². The Labute approximate surface area is 142 Å². The maximum absolute atomic E-state index is 11.9. The summed E-state index contributed by atoms with van der Waals surface area (Å²) in [5, 5.41) is 13.2. The fourth-order valence-electron chi connectivity index (χ4n) is 1.83. The molecule has 3 N–H and O–H groups in total. The number of nitro benzene ring substituents is 1. The molecule has 0 aliphatic carbocycles. The van der Waals surface area contributed by atoms with E-state index in [1.54, 1.807) is 18.3 Å². The molecule has 1 aromatic heterocycles. The van der Waals surface area contributed by atoms with Crippen LogP contribution in [0.4, 0.5) is 11.4 Å². The number of amides is 2. The minimum atomic E-state index is -0.553. The number of nitro groups is 1. The van der Waals surface area contributed by atoms with Gasteiger partial charge in [-0.05, 0) is 24.3 Å². The van der Waals surface area contributed by atoms with E-state index in [-0.39, 0.29) is 29.3 Å². The molecule has 0 saturated heterocycles. The van der Waals surface area contributed by atoms with Crippen molar-refractivity contribution >= 4 is 23.2 Å². The molecule has 9 heteroatoms. The molecule has 128 valence electrons. The summed E-state index contributed by atoms with van der Waals surface area (Å²) in [6.07, 6.45) is 3.03. The van der Waals surface area contributed by atoms with Crippen molar-refractivity contribution in [2.45, 2.75) is 6.42 Å². The molecule has 9 nitrogen and oxygen atoms in total. The van der Waals surface area contributed by atoms with E-state index in [0.717, 1.165) is 0 Å². The predicted octanol–water partition coefficient (Wildman–Crippen LogP) is 1.77. The first-order valence-corrected chi connectivity index (χ1v) is 7.14. The van der Waals surface area contributed by atoms with Crippen molar-refractivity contribution in [2.75, 3.05) is 5.32 Å². The smallest absolute Gasteiger partial charge is 0.269 e. The first-order valence-electron chi connectivity index (χ1n) is 7.14. The van der Waals surface area contributed by atoms with E-state index < -0.39 is 10.8 Å². The summed E-state index contributed by atoms with van der Waals surface area (Å²) in [5.41, 5.74) is 5.84. The molecule has 0 aliphatic rings. The molecule has 0 saturated carbocycles. The zero-order chi connectivity index (χ0) is 18.2. The summed E-state index contributed by atoms with van der Waals surface area (Å²) in [6, 6.07) is 8.49. The molecule has 0 bridgehead atoms. The number of aromatic nitrogens is 1. The highest BCUT2D eigenvalue weighted by Gasteiger charge is 2.10. The fourth-order valence-corrected chi connectivity index (χ4v) is 1.83. The van der Waals surface area contributed by atoms with Crippen LogP contribution in [0, 0.1) is 10.1 Å². The number of hydrazine groups is 1. The average Bonchev–Trinajstić information content (AvgIpc) is 2.60. The summed E-state index contributed by atoms with van der Waals surface area (Å²) in [5.74, 6) is -0.834. The molecule has 0 unspecified atom stereocenters. The van der Waals surface area contributed by atoms with Gasteiger partial charge in [-0.2, -0.15) is 0 Å². The van der Waals surface area contributed by atoms with Crippen LogP contribution in [0.5, 0.6) is 0 Å². The number of pyridine rings is 1. The summed E-state index contributed by atoms with van der Waals surface area (Å²) in [7, 11) is 0. The molecular formula is C16H15N5O4. The monoisotopic (exact) mass is 341 g/mol. The second-order valence-corrected chi connectivity index (χ2v) is 4.95. The van der Waals surface area contributed by atoms with Crippen LogP contribution in [0.15, 0.2) is 61.1 Å². The Balaban J connectivity index is 1.79. The van der Waals surface area contributed by atoms with Gasteiger partial charge in [0.15, 0.2) is 0 Å². The largest absolute Gasteiger partial charge is 0.324 e. The summed E-state index contributed by atoms with van der Waals surface area (Å²) < 4.78 is 0. The molecule has 25 heavy (non-hydrogen) atoms. The number of hydrogen-bond donors (Lipinski definition) is 3. The van der Waals surface area contributed by atoms with Gasteiger partial charge in [-0.1, -0.05) is 6.58 Å². The minimum Gasteiger partial charge on any atom is -0.324 e. The summed E-state index contributed by atoms with van der Waals surface area (Å²) >= 11 is 0. The molecular weight excluding hydrogens is 326 g/mol. The molecule has 1 aromatic carbocycles. The Morgan fingerprint density at radius 1 is 1.16 bits per heavy atom. The average molecular weight is 341 g/mol. The maximum atomic E-state index is 11.9. The quantitative estimate of drug-likeness (QED) is 0.520. The lowest BCUT2D eigenvalue weighted by atomic mass is 10.2. The second kappa shape index (κ2) is 8.20. The normalized spacial score (nSPS) is 9.76. The maximum Gasteiger partial charge on any atom is 0.269 e. The lowest BCUT2D eigenvalue weighted by Gasteiger charge is -2.11. The van der Waals surface area contributed by atoms with Gasteiger partial charge in [0.25, 0.3) is 11.6 Å². The molecule has 2 aromatic rings. The highest BCUT2D eigenvalue weighted by Crippen LogP contribution is 2.11. The van der Waals surface area contributed by atoms with E-state index in [1.165, 1.54) is 30.5 Å². The van der Waals surface area contributed by atoms with Gasteiger partial charge >= 0.3 is 0 Å². The van der Waals surface area contributed by atoms with E-state index >= 15 is 0 Å². The van der Waals surface area contributed by atoms with Crippen molar-refractivity contribution in [3.63, 3.8) is 0 Å². The van der Waals surface area contributed by atoms with Gasteiger partial charge in [-0.25, -0.2) is 0 Å². The van der Waals surface area contributed by atoms with Gasteiger partial charge in [-0.3, -0.25) is 30.1 Å². The number of carbonyl (C=O) groups excluding carboxylic acids is 2. The Hall–Kier alpha value is -3.75. The van der Waals surface area contributed by atoms with Crippen LogP contribution in [0.2, 0.25) is 0 Å². The van der Waals surface area contributed by atoms with Crippen molar-refractivity contribution in [2.24, 2.45) is 0 Å². The van der Waals surface area contributed by atoms with Crippen molar-refractivity contribution in [3.05, 3.63) is 76.7 Å². The number of rotatable bonds is 7. The zero-order valence-corrected chi connectivity index (χ0v) is 13.1. The highest BCUT2D eigenvalue weighted by molar-refractivity contribution is 5.94. The third kappa shape index (κ3) is 5.43. The topological polar surface area (TPSA) is 126 Å². The minimum absolute atomic E-state index is 0.0601. The third-order valence-corrected chi connectivity index (χ3v) is 3.01. The van der Waals surface area contributed by atoms with E-state index in [9.17, 15) is 19.7 Å². The number of nitrogens with zero attached hydrogens (tertiary/aromatic N) is 2. The number of benzene rings is 1. The molecule has 2 amide bonds. The molecule has 0 spiro atoms. The van der Waals surface area contributed by atoms with Crippen LogP contribution in [-0.4, -0.2) is 21.7 Å². The Kier molecular flexibility index (Phi) is 5.77. The van der Waals surface area contributed by atoms with Gasteiger partial charge in [0.1, 0.15) is 0 Å². The third-order valence-electron chi connectivity index (χ3n) is 3.01. The fraction of sp³-hybridized carbons (Fsp3) is 0.0625. The Morgan fingerprint density at radius 3 is 2.48 bits per heavy atom. The van der Waals surface area contributed by atoms with Crippen LogP contribution >= 0.6 is 0 Å². The number of carbonyl (C=O) groups is 2. The van der Waals surface area contributed by atoms with Gasteiger partial charge < -0.3 is 10.7 Å². The van der Waals surface area contributed by atoms with Crippen LogP contribution in [-0.2, 0) is 4.79 Å². The van der Waals surface area contributed by atoms with E-state index in [4.69, 9.17) is 0 Å². The second-order valence-electron chi connectivity index (χ2n) is 4.95. The van der Waals surface area contributed by atoms with Gasteiger partial charge in [-0.15, -0.1) is 0 Å². The molecule has 0 atom stereocenters. The molecule has 2 rings (SSSR count). The zero-order valence-electron chi connectivity index (χ0n) is 13.1. The van der Waals surface area contributed by atoms with E-state index in [0.29, 0.717) is 5.69 Å². The van der Waals surface area contributed by atoms with Gasteiger partial charge in [0, 0.05) is 29.6 Å². The molecule has 0 radical (unpaired) electrons. The lowest BCUT2D eigenvalue weighted by molar-refractivity contribution is -0.384. The van der Waals surface area contributed by atoms with Crippen LogP contribution in [0.1, 0.15) is 16.8 Å². The summed E-state index contributed by atoms with van der Waals surface area (Å²) in [4.78, 5) is 37.6. The van der Waals surface area contributed by atoms with Crippen molar-refractivity contribution in [1.82, 2.24) is 15.8 Å². The lowest BCUT2D eigenvalue weighted by Crippen LogP contribution is -2.37. The van der Waals surface area contributed by atoms with E-state index in [2.05, 4.69) is 27.7 Å². The highest BCUT2D eigenvalue weighted by atomic mass is 16.6. The number of nitrogens with one attached hydrogen (secondary N) is 3. The van der Waals surface area contributed by atoms with Gasteiger partial charge in [0.2, 0.25) is 5.91 Å².